The van der Waals surface area contributed by atoms with Crippen molar-refractivity contribution in [3.8, 4) is 0 Å². The van der Waals surface area contributed by atoms with E-state index >= 15 is 0 Å². The summed E-state index contributed by atoms with van der Waals surface area (Å²) in [6.45, 7) is 8.63. The summed E-state index contributed by atoms with van der Waals surface area (Å²) in [6, 6.07) is 0. The van der Waals surface area contributed by atoms with Crippen LogP contribution in [0.4, 0.5) is 0 Å². The molecule has 1 atom stereocenters. The third kappa shape index (κ3) is 2.22. The van der Waals surface area contributed by atoms with E-state index < -0.39 is 0 Å². The van der Waals surface area contributed by atoms with Crippen LogP contribution in [0.3, 0.4) is 0 Å². The molecule has 0 bridgehead atoms. The van der Waals surface area contributed by atoms with Gasteiger partial charge in [0.15, 0.2) is 0 Å². The molecular formula is C14H27N. The van der Waals surface area contributed by atoms with Crippen LogP contribution in [0.25, 0.3) is 0 Å². The Hall–Kier alpha value is -0.0400. The standard InChI is InChI=1S/C14H27N/c1-3-5-6-13-7-8-14(13)9-11-15(4-2)12-10-14/h13H,3-12H2,1-2H3. The van der Waals surface area contributed by atoms with E-state index in [0.29, 0.717) is 0 Å². The number of nitrogens with zero attached hydrogens (tertiary/aromatic N) is 1. The van der Waals surface area contributed by atoms with E-state index in [-0.39, 0.29) is 0 Å². The fraction of sp³-hybridized carbons (Fsp3) is 1.00. The minimum Gasteiger partial charge on any atom is -0.304 e. The van der Waals surface area contributed by atoms with Crippen LogP contribution in [0.2, 0.25) is 0 Å². The van der Waals surface area contributed by atoms with Gasteiger partial charge in [0.1, 0.15) is 0 Å². The van der Waals surface area contributed by atoms with Crippen molar-refractivity contribution >= 4 is 0 Å². The third-order valence-electron chi connectivity index (χ3n) is 5.06. The number of hydrogen-bond donors (Lipinski definition) is 0. The van der Waals surface area contributed by atoms with E-state index in [1.54, 1.807) is 6.42 Å². The van der Waals surface area contributed by atoms with Crippen molar-refractivity contribution in [1.29, 1.82) is 0 Å². The minimum atomic E-state index is 0.806. The van der Waals surface area contributed by atoms with Gasteiger partial charge in [-0.3, -0.25) is 0 Å². The number of piperidine rings is 1. The van der Waals surface area contributed by atoms with Crippen molar-refractivity contribution in [1.82, 2.24) is 4.90 Å². The van der Waals surface area contributed by atoms with Crippen LogP contribution in [0.1, 0.15) is 58.8 Å². The van der Waals surface area contributed by atoms with Crippen molar-refractivity contribution in [2.24, 2.45) is 11.3 Å². The number of hydrogen-bond acceptors (Lipinski definition) is 1. The fourth-order valence-corrected chi connectivity index (χ4v) is 3.63. The van der Waals surface area contributed by atoms with Crippen LogP contribution in [-0.2, 0) is 0 Å². The van der Waals surface area contributed by atoms with E-state index in [4.69, 9.17) is 0 Å². The molecule has 1 heterocycles. The number of rotatable bonds is 4. The zero-order valence-electron chi connectivity index (χ0n) is 10.6. The highest BCUT2D eigenvalue weighted by Crippen LogP contribution is 2.55. The van der Waals surface area contributed by atoms with Gasteiger partial charge in [0, 0.05) is 0 Å². The van der Waals surface area contributed by atoms with Gasteiger partial charge < -0.3 is 4.90 Å². The van der Waals surface area contributed by atoms with Crippen molar-refractivity contribution in [2.45, 2.75) is 58.8 Å². The van der Waals surface area contributed by atoms with Gasteiger partial charge in [-0.05, 0) is 63.1 Å². The second-order valence-electron chi connectivity index (χ2n) is 5.67. The lowest BCUT2D eigenvalue weighted by Gasteiger charge is -2.54. The molecule has 1 heteroatoms. The van der Waals surface area contributed by atoms with Crippen molar-refractivity contribution in [3.05, 3.63) is 0 Å². The quantitative estimate of drug-likeness (QED) is 0.682. The molecule has 2 rings (SSSR count). The zero-order chi connectivity index (χ0) is 10.7. The van der Waals surface area contributed by atoms with Crippen molar-refractivity contribution in [3.63, 3.8) is 0 Å². The molecule has 1 unspecified atom stereocenters. The second kappa shape index (κ2) is 4.86. The number of unbranched alkanes of at least 4 members (excludes halogenated alkanes) is 1. The first kappa shape index (κ1) is 11.4. The lowest BCUT2D eigenvalue weighted by Crippen LogP contribution is -2.49. The Bertz CT molecular complexity index is 192. The minimum absolute atomic E-state index is 0.806. The Morgan fingerprint density at radius 1 is 1.13 bits per heavy atom. The Kier molecular flexibility index (Phi) is 3.71. The van der Waals surface area contributed by atoms with Crippen molar-refractivity contribution in [2.75, 3.05) is 19.6 Å². The van der Waals surface area contributed by atoms with Gasteiger partial charge >= 0.3 is 0 Å². The van der Waals surface area contributed by atoms with Gasteiger partial charge in [-0.1, -0.05) is 26.7 Å². The summed E-state index contributed by atoms with van der Waals surface area (Å²) in [5.41, 5.74) is 0.806. The van der Waals surface area contributed by atoms with Gasteiger partial charge in [-0.15, -0.1) is 0 Å². The maximum Gasteiger partial charge on any atom is -0.00134 e. The maximum atomic E-state index is 2.63. The molecule has 2 aliphatic rings. The van der Waals surface area contributed by atoms with Crippen LogP contribution < -0.4 is 0 Å². The highest BCUT2D eigenvalue weighted by molar-refractivity contribution is 4.98. The van der Waals surface area contributed by atoms with Crippen LogP contribution in [0.15, 0.2) is 0 Å². The summed E-state index contributed by atoms with van der Waals surface area (Å²) < 4.78 is 0. The summed E-state index contributed by atoms with van der Waals surface area (Å²) in [5, 5.41) is 0. The molecule has 0 aromatic rings. The lowest BCUT2D eigenvalue weighted by molar-refractivity contribution is -0.0377. The average Bonchev–Trinajstić information content (AvgIpc) is 2.28. The molecule has 1 spiro atoms. The van der Waals surface area contributed by atoms with E-state index in [2.05, 4.69) is 18.7 Å². The summed E-state index contributed by atoms with van der Waals surface area (Å²) >= 11 is 0. The SMILES string of the molecule is CCCCC1CCC12CCN(CC)CC2. The summed E-state index contributed by atoms with van der Waals surface area (Å²) in [6.07, 6.45) is 10.4. The molecule has 1 aliphatic heterocycles. The molecule has 1 saturated carbocycles. The lowest BCUT2D eigenvalue weighted by atomic mass is 9.54. The smallest absolute Gasteiger partial charge is 0.00134 e. The molecule has 0 N–H and O–H groups in total. The molecule has 15 heavy (non-hydrogen) atoms. The summed E-state index contributed by atoms with van der Waals surface area (Å²) in [5.74, 6) is 1.09. The molecule has 2 fully saturated rings. The first-order valence-electron chi connectivity index (χ1n) is 7.03. The van der Waals surface area contributed by atoms with Gasteiger partial charge in [-0.25, -0.2) is 0 Å². The molecule has 1 saturated heterocycles. The van der Waals surface area contributed by atoms with E-state index in [1.807, 2.05) is 0 Å². The van der Waals surface area contributed by atoms with E-state index in [9.17, 15) is 0 Å². The topological polar surface area (TPSA) is 3.24 Å². The normalized spacial score (nSPS) is 30.4. The third-order valence-corrected chi connectivity index (χ3v) is 5.06. The van der Waals surface area contributed by atoms with Gasteiger partial charge in [0.2, 0.25) is 0 Å². The molecule has 0 amide bonds. The van der Waals surface area contributed by atoms with Crippen LogP contribution >= 0.6 is 0 Å². The summed E-state index contributed by atoms with van der Waals surface area (Å²) in [7, 11) is 0. The van der Waals surface area contributed by atoms with Crippen LogP contribution in [0, 0.1) is 11.3 Å². The molecule has 0 aromatic carbocycles. The first-order valence-corrected chi connectivity index (χ1v) is 7.03. The van der Waals surface area contributed by atoms with Crippen LogP contribution in [-0.4, -0.2) is 24.5 Å². The molecular weight excluding hydrogens is 182 g/mol. The molecule has 1 aliphatic carbocycles. The van der Waals surface area contributed by atoms with Gasteiger partial charge in [-0.2, -0.15) is 0 Å². The highest BCUT2D eigenvalue weighted by atomic mass is 15.1. The molecule has 88 valence electrons. The Morgan fingerprint density at radius 3 is 2.33 bits per heavy atom. The van der Waals surface area contributed by atoms with E-state index in [0.717, 1.165) is 11.3 Å². The Labute approximate surface area is 95.2 Å². The van der Waals surface area contributed by atoms with Crippen LogP contribution in [0.5, 0.6) is 0 Å². The predicted molar refractivity (Wildman–Crippen MR) is 66.0 cm³/mol. The maximum absolute atomic E-state index is 2.63. The highest BCUT2D eigenvalue weighted by Gasteiger charge is 2.46. The largest absolute Gasteiger partial charge is 0.304 e. The Morgan fingerprint density at radius 2 is 1.87 bits per heavy atom. The van der Waals surface area contributed by atoms with E-state index in [1.165, 1.54) is 58.2 Å². The zero-order valence-corrected chi connectivity index (χ0v) is 10.6. The molecule has 0 radical (unpaired) electrons. The second-order valence-corrected chi connectivity index (χ2v) is 5.67. The van der Waals surface area contributed by atoms with Crippen molar-refractivity contribution < 1.29 is 0 Å². The Balaban J connectivity index is 1.81. The summed E-state index contributed by atoms with van der Waals surface area (Å²) in [4.78, 5) is 2.63. The van der Waals surface area contributed by atoms with Gasteiger partial charge in [0.25, 0.3) is 0 Å². The fourth-order valence-electron chi connectivity index (χ4n) is 3.63. The first-order chi connectivity index (χ1) is 7.30. The number of likely N-dealkylation sites (tertiary alicyclic amines) is 1. The molecule has 0 aromatic heterocycles. The average molecular weight is 209 g/mol. The van der Waals surface area contributed by atoms with Gasteiger partial charge in [0.05, 0.1) is 0 Å². The monoisotopic (exact) mass is 209 g/mol. The molecule has 1 nitrogen and oxygen atoms in total. The predicted octanol–water partition coefficient (Wildman–Crippen LogP) is 3.69.